The van der Waals surface area contributed by atoms with Gasteiger partial charge in [-0.05, 0) is 62.3 Å². The number of hydrogen-bond donors (Lipinski definition) is 1. The molecule has 1 saturated heterocycles. The van der Waals surface area contributed by atoms with E-state index >= 15 is 0 Å². The molecule has 2 saturated carbocycles. The first-order valence-electron chi connectivity index (χ1n) is 9.36. The summed E-state index contributed by atoms with van der Waals surface area (Å²) in [7, 11) is 0. The molecule has 0 radical (unpaired) electrons. The molecule has 4 rings (SSSR count). The number of carbonyl (C=O) groups excluding carboxylic acids is 3. The molecule has 5 nitrogen and oxygen atoms in total. The molecule has 7 atom stereocenters. The van der Waals surface area contributed by atoms with Gasteiger partial charge in [-0.2, -0.15) is 0 Å². The molecule has 150 valence electrons. The summed E-state index contributed by atoms with van der Waals surface area (Å²) in [6, 6.07) is 2.99. The largest absolute Gasteiger partial charge is 0.324 e. The Hall–Kier alpha value is -0.730. The smallest absolute Gasteiger partial charge is 0.247 e. The number of alkyl halides is 2. The second-order valence-corrected chi connectivity index (χ2v) is 11.1. The second kappa shape index (κ2) is 7.20. The van der Waals surface area contributed by atoms with Gasteiger partial charge < -0.3 is 5.32 Å². The van der Waals surface area contributed by atoms with Crippen molar-refractivity contribution in [3.63, 3.8) is 0 Å². The van der Waals surface area contributed by atoms with Gasteiger partial charge in [-0.3, -0.25) is 19.3 Å². The first-order chi connectivity index (χ1) is 13.1. The van der Waals surface area contributed by atoms with Crippen LogP contribution in [0.25, 0.3) is 0 Å². The second-order valence-electron chi connectivity index (χ2n) is 8.13. The van der Waals surface area contributed by atoms with Gasteiger partial charge in [0.25, 0.3) is 0 Å². The molecule has 3 fully saturated rings. The summed E-state index contributed by atoms with van der Waals surface area (Å²) in [5.41, 5.74) is 2.61. The maximum absolute atomic E-state index is 13.1. The van der Waals surface area contributed by atoms with Crippen LogP contribution in [0.3, 0.4) is 0 Å². The Kier molecular flexibility index (Phi) is 5.28. The number of nitrogens with one attached hydrogen (secondary N) is 1. The third-order valence-corrected chi connectivity index (χ3v) is 10.6. The number of carbonyl (C=O) groups is 3. The molecule has 3 amide bonds. The Morgan fingerprint density at radius 3 is 2.14 bits per heavy atom. The van der Waals surface area contributed by atoms with Crippen LogP contribution in [0.5, 0.6) is 0 Å². The minimum Gasteiger partial charge on any atom is -0.324 e. The number of nitrogens with zero attached hydrogens (tertiary/aromatic N) is 1. The van der Waals surface area contributed by atoms with Crippen LogP contribution in [-0.4, -0.2) is 38.3 Å². The number of rotatable bonds is 3. The molecule has 2 bridgehead atoms. The average molecular weight is 577 g/mol. The predicted molar refractivity (Wildman–Crippen MR) is 118 cm³/mol. The highest BCUT2D eigenvalue weighted by Gasteiger charge is 2.67. The minimum atomic E-state index is -0.837. The van der Waals surface area contributed by atoms with Crippen molar-refractivity contribution >= 4 is 71.2 Å². The summed E-state index contributed by atoms with van der Waals surface area (Å²) in [5.74, 6) is -1.05. The van der Waals surface area contributed by atoms with Crippen LogP contribution in [0.4, 0.5) is 5.69 Å². The number of fused-ring (bicyclic) bond motifs is 5. The van der Waals surface area contributed by atoms with E-state index in [-0.39, 0.29) is 51.0 Å². The van der Waals surface area contributed by atoms with Crippen molar-refractivity contribution in [2.75, 3.05) is 5.32 Å². The van der Waals surface area contributed by atoms with Gasteiger partial charge in [0, 0.05) is 19.8 Å². The number of amides is 3. The highest BCUT2D eigenvalue weighted by Crippen LogP contribution is 2.60. The Morgan fingerprint density at radius 1 is 1.07 bits per heavy atom. The molecule has 0 aromatic heterocycles. The van der Waals surface area contributed by atoms with Crippen molar-refractivity contribution < 1.29 is 14.4 Å². The van der Waals surface area contributed by atoms with Crippen molar-refractivity contribution in [2.24, 2.45) is 23.7 Å². The summed E-state index contributed by atoms with van der Waals surface area (Å²) in [6.07, 6.45) is 0.879. The Labute approximate surface area is 189 Å². The van der Waals surface area contributed by atoms with Gasteiger partial charge in [0.15, 0.2) is 0 Å². The van der Waals surface area contributed by atoms with E-state index in [1.54, 1.807) is 6.92 Å². The zero-order valence-electron chi connectivity index (χ0n) is 15.7. The van der Waals surface area contributed by atoms with E-state index in [0.29, 0.717) is 5.69 Å². The number of halogens is 3. The fourth-order valence-corrected chi connectivity index (χ4v) is 7.35. The first kappa shape index (κ1) is 20.5. The van der Waals surface area contributed by atoms with Crippen LogP contribution in [0.15, 0.2) is 16.6 Å². The van der Waals surface area contributed by atoms with E-state index in [1.165, 1.54) is 4.90 Å². The maximum Gasteiger partial charge on any atom is 0.247 e. The zero-order chi connectivity index (χ0) is 20.5. The molecule has 0 spiro atoms. The molecule has 0 unspecified atom stereocenters. The lowest BCUT2D eigenvalue weighted by atomic mass is 9.81. The summed E-state index contributed by atoms with van der Waals surface area (Å²) in [4.78, 5) is 40.6. The van der Waals surface area contributed by atoms with Crippen molar-refractivity contribution in [3.05, 3.63) is 27.7 Å². The average Bonchev–Trinajstić information content (AvgIpc) is 3.24. The van der Waals surface area contributed by atoms with E-state index < -0.39 is 6.04 Å². The highest BCUT2D eigenvalue weighted by molar-refractivity contribution is 9.12. The fourth-order valence-electron chi connectivity index (χ4n) is 5.02. The van der Waals surface area contributed by atoms with Gasteiger partial charge in [-0.25, -0.2) is 0 Å². The fraction of sp³-hybridized carbons (Fsp3) is 0.550. The third kappa shape index (κ3) is 2.93. The molecule has 2 aliphatic carbocycles. The van der Waals surface area contributed by atoms with Crippen LogP contribution < -0.4 is 5.32 Å². The zero-order valence-corrected chi connectivity index (χ0v) is 20.5. The molecule has 8 heteroatoms. The van der Waals surface area contributed by atoms with Crippen molar-refractivity contribution in [3.8, 4) is 0 Å². The van der Waals surface area contributed by atoms with Gasteiger partial charge >= 0.3 is 0 Å². The number of aryl methyl sites for hydroxylation is 2. The van der Waals surface area contributed by atoms with E-state index in [0.717, 1.165) is 22.0 Å². The summed E-state index contributed by atoms with van der Waals surface area (Å²) >= 11 is 10.8. The molecule has 28 heavy (non-hydrogen) atoms. The monoisotopic (exact) mass is 574 g/mol. The number of hydrogen-bond acceptors (Lipinski definition) is 3. The minimum absolute atomic E-state index is 0.146. The summed E-state index contributed by atoms with van der Waals surface area (Å²) in [6.45, 7) is 5.48. The van der Waals surface area contributed by atoms with Crippen molar-refractivity contribution in [2.45, 2.75) is 42.9 Å². The topological polar surface area (TPSA) is 66.5 Å². The molecule has 1 N–H and O–H groups in total. The quantitative estimate of drug-likeness (QED) is 0.434. The summed E-state index contributed by atoms with van der Waals surface area (Å²) < 4.78 is 0.970. The molecule has 1 aliphatic heterocycles. The Morgan fingerprint density at radius 2 is 1.61 bits per heavy atom. The maximum atomic E-state index is 13.1. The van der Waals surface area contributed by atoms with Gasteiger partial charge in [-0.1, -0.05) is 47.8 Å². The lowest BCUT2D eigenvalue weighted by Gasteiger charge is -2.28. The van der Waals surface area contributed by atoms with Crippen LogP contribution in [0.1, 0.15) is 24.5 Å². The molecule has 3 aliphatic rings. The predicted octanol–water partition coefficient (Wildman–Crippen LogP) is 4.17. The number of likely N-dealkylation sites (tertiary alicyclic amines) is 1. The van der Waals surface area contributed by atoms with E-state index in [2.05, 4.69) is 53.1 Å². The summed E-state index contributed by atoms with van der Waals surface area (Å²) in [5, 5.41) is 2.89. The van der Waals surface area contributed by atoms with Crippen molar-refractivity contribution in [1.82, 2.24) is 4.90 Å². The van der Waals surface area contributed by atoms with E-state index in [1.807, 2.05) is 26.0 Å². The molecule has 1 aromatic carbocycles. The molecular formula is C20H21Br3N2O3. The molecule has 1 aromatic rings. The van der Waals surface area contributed by atoms with Gasteiger partial charge in [0.05, 0.1) is 11.8 Å². The van der Waals surface area contributed by atoms with E-state index in [9.17, 15) is 14.4 Å². The third-order valence-electron chi connectivity index (χ3n) is 6.55. The van der Waals surface area contributed by atoms with Crippen LogP contribution in [0.2, 0.25) is 0 Å². The lowest BCUT2D eigenvalue weighted by molar-refractivity contribution is -0.146. The number of imide groups is 1. The number of benzene rings is 1. The SMILES string of the molecule is Cc1cc(NC(=O)[C@H](C)N2C(=O)[C@@H]3[C@H]4C[C@@H]([C@H](Br)[C@H]4Br)[C@@H]3C2=O)c(C)cc1Br. The normalized spacial score (nSPS) is 34.7. The lowest BCUT2D eigenvalue weighted by Crippen LogP contribution is -2.46. The molecule has 1 heterocycles. The van der Waals surface area contributed by atoms with Crippen LogP contribution >= 0.6 is 47.8 Å². The number of anilines is 1. The highest BCUT2D eigenvalue weighted by atomic mass is 79.9. The van der Waals surface area contributed by atoms with Gasteiger partial charge in [0.2, 0.25) is 17.7 Å². The van der Waals surface area contributed by atoms with Crippen molar-refractivity contribution in [1.29, 1.82) is 0 Å². The standard InChI is InChI=1S/C20H21Br3N2O3/c1-7-5-13(8(2)4-12(7)21)24-18(26)9(3)25-19(27)14-10-6-11(15(14)20(25)28)17(23)16(10)22/h4-5,9-11,14-17H,6H2,1-3H3,(H,24,26)/t9-,10+,11+,14-,15+,16-,17-/m0/s1. The Balaban J connectivity index is 1.55. The van der Waals surface area contributed by atoms with Crippen LogP contribution in [0, 0.1) is 37.5 Å². The first-order valence-corrected chi connectivity index (χ1v) is 12.0. The Bertz CT molecular complexity index is 858. The van der Waals surface area contributed by atoms with Crippen LogP contribution in [-0.2, 0) is 14.4 Å². The van der Waals surface area contributed by atoms with Gasteiger partial charge in [-0.15, -0.1) is 0 Å². The van der Waals surface area contributed by atoms with E-state index in [4.69, 9.17) is 0 Å². The van der Waals surface area contributed by atoms with Gasteiger partial charge in [0.1, 0.15) is 6.04 Å². The molecular weight excluding hydrogens is 556 g/mol.